The Hall–Kier alpha value is -1.48. The zero-order chi connectivity index (χ0) is 14.3. The number of halogens is 3. The first-order valence-electron chi connectivity index (χ1n) is 5.82. The van der Waals surface area contributed by atoms with Gasteiger partial charge in [-0.1, -0.05) is 40.9 Å². The highest BCUT2D eigenvalue weighted by atomic mass is 35.5. The van der Waals surface area contributed by atoms with Crippen LogP contribution in [0.3, 0.4) is 0 Å². The zero-order valence-corrected chi connectivity index (χ0v) is 12.4. The maximum absolute atomic E-state index is 12.0. The van der Waals surface area contributed by atoms with Crippen molar-refractivity contribution >= 4 is 58.0 Å². The summed E-state index contributed by atoms with van der Waals surface area (Å²) in [6.07, 6.45) is 1.73. The van der Waals surface area contributed by atoms with Gasteiger partial charge in [-0.2, -0.15) is 0 Å². The Labute approximate surface area is 131 Å². The number of carbonyl (C=O) groups is 1. The van der Waals surface area contributed by atoms with Gasteiger partial charge in [-0.15, -0.1) is 0 Å². The maximum atomic E-state index is 12.0. The smallest absolute Gasteiger partial charge is 0.256 e. The first kappa shape index (κ1) is 13.5. The Morgan fingerprint density at radius 3 is 2.45 bits per heavy atom. The van der Waals surface area contributed by atoms with E-state index >= 15 is 0 Å². The minimum atomic E-state index is -0.182. The van der Waals surface area contributed by atoms with Crippen molar-refractivity contribution < 1.29 is 4.79 Å². The van der Waals surface area contributed by atoms with Gasteiger partial charge in [0.25, 0.3) is 5.91 Å². The lowest BCUT2D eigenvalue weighted by atomic mass is 10.0. The molecule has 0 saturated carbocycles. The largest absolute Gasteiger partial charge is 0.321 e. The number of amides is 1. The van der Waals surface area contributed by atoms with Crippen molar-refractivity contribution in [3.63, 3.8) is 0 Å². The van der Waals surface area contributed by atoms with Gasteiger partial charge in [0, 0.05) is 26.2 Å². The van der Waals surface area contributed by atoms with Gasteiger partial charge in [0.1, 0.15) is 0 Å². The molecule has 1 aliphatic heterocycles. The third-order valence-electron chi connectivity index (χ3n) is 3.02. The molecule has 0 aromatic heterocycles. The van der Waals surface area contributed by atoms with E-state index in [0.717, 1.165) is 5.56 Å². The number of hydrogen-bond acceptors (Lipinski definition) is 1. The summed E-state index contributed by atoms with van der Waals surface area (Å²) >= 11 is 18.0. The van der Waals surface area contributed by atoms with Crippen LogP contribution in [-0.2, 0) is 4.79 Å². The van der Waals surface area contributed by atoms with E-state index in [1.165, 1.54) is 0 Å². The first-order chi connectivity index (χ1) is 9.54. The van der Waals surface area contributed by atoms with Gasteiger partial charge in [-0.25, -0.2) is 0 Å². The molecule has 1 aliphatic rings. The Morgan fingerprint density at radius 1 is 0.950 bits per heavy atom. The standard InChI is InChI=1S/C15H8Cl3NO/c16-9-2-4-13(18)8(5-9)6-12-11-3-1-10(17)7-14(11)19-15(12)20/h1-7H,(H,19,20)/b12-6-. The van der Waals surface area contributed by atoms with Gasteiger partial charge < -0.3 is 5.32 Å². The van der Waals surface area contributed by atoms with Crippen LogP contribution in [-0.4, -0.2) is 5.91 Å². The fraction of sp³-hybridized carbons (Fsp3) is 0. The molecule has 2 aromatic rings. The van der Waals surface area contributed by atoms with E-state index in [-0.39, 0.29) is 5.91 Å². The molecule has 0 unspecified atom stereocenters. The fourth-order valence-corrected chi connectivity index (χ4v) is 2.62. The van der Waals surface area contributed by atoms with Crippen LogP contribution in [0, 0.1) is 0 Å². The van der Waals surface area contributed by atoms with Crippen LogP contribution in [0.1, 0.15) is 11.1 Å². The molecule has 2 aromatic carbocycles. The van der Waals surface area contributed by atoms with E-state index in [1.807, 2.05) is 0 Å². The molecular weight excluding hydrogens is 317 g/mol. The summed E-state index contributed by atoms with van der Waals surface area (Å²) in [6, 6.07) is 10.4. The number of fused-ring (bicyclic) bond motifs is 1. The van der Waals surface area contributed by atoms with E-state index in [2.05, 4.69) is 5.32 Å². The van der Waals surface area contributed by atoms with Gasteiger partial charge in [0.05, 0.1) is 5.69 Å². The van der Waals surface area contributed by atoms with Gasteiger partial charge in [-0.3, -0.25) is 4.79 Å². The summed E-state index contributed by atoms with van der Waals surface area (Å²) in [5, 5.41) is 4.45. The lowest BCUT2D eigenvalue weighted by Gasteiger charge is -2.02. The van der Waals surface area contributed by atoms with Crippen LogP contribution < -0.4 is 5.32 Å². The van der Waals surface area contributed by atoms with Crippen molar-refractivity contribution in [3.05, 3.63) is 62.6 Å². The molecule has 0 radical (unpaired) electrons. The molecule has 0 saturated heterocycles. The lowest BCUT2D eigenvalue weighted by Crippen LogP contribution is -2.03. The third-order valence-corrected chi connectivity index (χ3v) is 3.84. The molecule has 100 valence electrons. The summed E-state index contributed by atoms with van der Waals surface area (Å²) in [4.78, 5) is 12.0. The molecular formula is C15H8Cl3NO. The molecule has 0 spiro atoms. The lowest BCUT2D eigenvalue weighted by molar-refractivity contribution is -0.110. The number of rotatable bonds is 1. The summed E-state index contributed by atoms with van der Waals surface area (Å²) in [5.41, 5.74) is 2.75. The second kappa shape index (κ2) is 5.13. The van der Waals surface area contributed by atoms with E-state index in [4.69, 9.17) is 34.8 Å². The molecule has 0 aliphatic carbocycles. The summed E-state index contributed by atoms with van der Waals surface area (Å²) in [6.45, 7) is 0. The summed E-state index contributed by atoms with van der Waals surface area (Å²) < 4.78 is 0. The molecule has 1 amide bonds. The minimum Gasteiger partial charge on any atom is -0.321 e. The van der Waals surface area contributed by atoms with E-state index in [9.17, 15) is 4.79 Å². The highest BCUT2D eigenvalue weighted by Crippen LogP contribution is 2.36. The summed E-state index contributed by atoms with van der Waals surface area (Å²) in [7, 11) is 0. The van der Waals surface area contributed by atoms with Gasteiger partial charge in [0.15, 0.2) is 0 Å². The van der Waals surface area contributed by atoms with Crippen molar-refractivity contribution in [1.29, 1.82) is 0 Å². The van der Waals surface area contributed by atoms with Crippen LogP contribution in [0.25, 0.3) is 11.6 Å². The Bertz CT molecular complexity index is 753. The van der Waals surface area contributed by atoms with Gasteiger partial charge >= 0.3 is 0 Å². The average molecular weight is 325 g/mol. The quantitative estimate of drug-likeness (QED) is 0.723. The van der Waals surface area contributed by atoms with Crippen molar-refractivity contribution in [2.24, 2.45) is 0 Å². The highest BCUT2D eigenvalue weighted by molar-refractivity contribution is 6.38. The molecule has 5 heteroatoms. The Kier molecular flexibility index (Phi) is 3.47. The van der Waals surface area contributed by atoms with Crippen LogP contribution >= 0.6 is 34.8 Å². The van der Waals surface area contributed by atoms with Crippen LogP contribution in [0.15, 0.2) is 36.4 Å². The molecule has 3 rings (SSSR count). The van der Waals surface area contributed by atoms with Crippen LogP contribution in [0.2, 0.25) is 15.1 Å². The first-order valence-corrected chi connectivity index (χ1v) is 6.96. The number of anilines is 1. The predicted octanol–water partition coefficient (Wildman–Crippen LogP) is 5.14. The monoisotopic (exact) mass is 323 g/mol. The molecule has 1 N–H and O–H groups in total. The maximum Gasteiger partial charge on any atom is 0.256 e. The molecule has 0 bridgehead atoms. The van der Waals surface area contributed by atoms with Gasteiger partial charge in [0.2, 0.25) is 0 Å². The SMILES string of the molecule is O=C1Nc2cc(Cl)ccc2/C1=C/c1cc(Cl)ccc1Cl. The van der Waals surface area contributed by atoms with Crippen LogP contribution in [0.5, 0.6) is 0 Å². The molecule has 0 fully saturated rings. The number of nitrogens with one attached hydrogen (secondary N) is 1. The average Bonchev–Trinajstić information content (AvgIpc) is 2.69. The zero-order valence-electron chi connectivity index (χ0n) is 10.1. The van der Waals surface area contributed by atoms with E-state index in [0.29, 0.717) is 31.9 Å². The molecule has 2 nitrogen and oxygen atoms in total. The second-order valence-electron chi connectivity index (χ2n) is 4.37. The molecule has 20 heavy (non-hydrogen) atoms. The number of carbonyl (C=O) groups excluding carboxylic acids is 1. The van der Waals surface area contributed by atoms with Crippen molar-refractivity contribution in [1.82, 2.24) is 0 Å². The van der Waals surface area contributed by atoms with E-state index in [1.54, 1.807) is 42.5 Å². The second-order valence-corrected chi connectivity index (χ2v) is 5.65. The Morgan fingerprint density at radius 2 is 1.65 bits per heavy atom. The minimum absolute atomic E-state index is 0.182. The normalized spacial score (nSPS) is 15.3. The molecule has 1 heterocycles. The molecule has 0 atom stereocenters. The predicted molar refractivity (Wildman–Crippen MR) is 84.4 cm³/mol. The Balaban J connectivity index is 2.13. The van der Waals surface area contributed by atoms with Crippen molar-refractivity contribution in [2.75, 3.05) is 5.32 Å². The number of hydrogen-bond donors (Lipinski definition) is 1. The highest BCUT2D eigenvalue weighted by Gasteiger charge is 2.24. The number of benzene rings is 2. The topological polar surface area (TPSA) is 29.1 Å². The van der Waals surface area contributed by atoms with Crippen molar-refractivity contribution in [2.45, 2.75) is 0 Å². The fourth-order valence-electron chi connectivity index (χ4n) is 2.09. The van der Waals surface area contributed by atoms with E-state index < -0.39 is 0 Å². The van der Waals surface area contributed by atoms with Gasteiger partial charge in [-0.05, 0) is 42.0 Å². The van der Waals surface area contributed by atoms with Crippen molar-refractivity contribution in [3.8, 4) is 0 Å². The van der Waals surface area contributed by atoms with Crippen LogP contribution in [0.4, 0.5) is 5.69 Å². The summed E-state index contributed by atoms with van der Waals surface area (Å²) in [5.74, 6) is -0.182. The third kappa shape index (κ3) is 2.42.